The third-order valence-electron chi connectivity index (χ3n) is 2.78. The van der Waals surface area contributed by atoms with E-state index in [9.17, 15) is 8.78 Å². The standard InChI is InChI=1S/C13H19F2NO/c1-9(5-4-8-17)16-10(2)11-6-3-7-12(14)13(11)15/h3,6-7,9-10,16-17H,4-5,8H2,1-2H3. The Morgan fingerprint density at radius 3 is 2.65 bits per heavy atom. The summed E-state index contributed by atoms with van der Waals surface area (Å²) in [5.41, 5.74) is 0.334. The Kier molecular flexibility index (Phi) is 5.51. The second kappa shape index (κ2) is 6.67. The highest BCUT2D eigenvalue weighted by molar-refractivity contribution is 5.22. The fourth-order valence-corrected chi connectivity index (χ4v) is 1.85. The summed E-state index contributed by atoms with van der Waals surface area (Å²) in [6.45, 7) is 3.91. The number of nitrogens with one attached hydrogen (secondary N) is 1. The van der Waals surface area contributed by atoms with Crippen molar-refractivity contribution in [2.45, 2.75) is 38.8 Å². The summed E-state index contributed by atoms with van der Waals surface area (Å²) in [6, 6.07) is 4.10. The molecule has 0 aliphatic heterocycles. The number of rotatable bonds is 6. The highest BCUT2D eigenvalue weighted by Crippen LogP contribution is 2.19. The zero-order valence-corrected chi connectivity index (χ0v) is 10.2. The molecule has 0 fully saturated rings. The van der Waals surface area contributed by atoms with Gasteiger partial charge in [0.05, 0.1) is 0 Å². The van der Waals surface area contributed by atoms with Crippen LogP contribution in [0.1, 0.15) is 38.3 Å². The zero-order valence-electron chi connectivity index (χ0n) is 10.2. The Morgan fingerprint density at radius 1 is 1.29 bits per heavy atom. The van der Waals surface area contributed by atoms with Crippen molar-refractivity contribution >= 4 is 0 Å². The predicted molar refractivity (Wildman–Crippen MR) is 63.7 cm³/mol. The van der Waals surface area contributed by atoms with Crippen molar-refractivity contribution in [2.24, 2.45) is 0 Å². The largest absolute Gasteiger partial charge is 0.396 e. The minimum absolute atomic E-state index is 0.148. The van der Waals surface area contributed by atoms with E-state index in [2.05, 4.69) is 5.32 Å². The average molecular weight is 243 g/mol. The molecule has 0 aliphatic carbocycles. The smallest absolute Gasteiger partial charge is 0.163 e. The lowest BCUT2D eigenvalue weighted by molar-refractivity contribution is 0.274. The molecule has 0 aliphatic rings. The Morgan fingerprint density at radius 2 is 2.00 bits per heavy atom. The van der Waals surface area contributed by atoms with Gasteiger partial charge in [-0.3, -0.25) is 0 Å². The molecular formula is C13H19F2NO. The van der Waals surface area contributed by atoms with Crippen molar-refractivity contribution in [3.63, 3.8) is 0 Å². The van der Waals surface area contributed by atoms with Gasteiger partial charge in [0.2, 0.25) is 0 Å². The summed E-state index contributed by atoms with van der Waals surface area (Å²) in [5, 5.41) is 11.9. The maximum Gasteiger partial charge on any atom is 0.163 e. The molecule has 0 bridgehead atoms. The number of hydrogen-bond acceptors (Lipinski definition) is 2. The topological polar surface area (TPSA) is 32.3 Å². The Bertz CT molecular complexity index is 357. The molecule has 0 saturated heterocycles. The van der Waals surface area contributed by atoms with Gasteiger partial charge in [0.25, 0.3) is 0 Å². The van der Waals surface area contributed by atoms with Crippen LogP contribution in [0, 0.1) is 11.6 Å². The molecule has 1 rings (SSSR count). The second-order valence-electron chi connectivity index (χ2n) is 4.30. The van der Waals surface area contributed by atoms with Crippen molar-refractivity contribution < 1.29 is 13.9 Å². The molecule has 0 heterocycles. The van der Waals surface area contributed by atoms with E-state index in [0.29, 0.717) is 12.0 Å². The Labute approximate surface area is 101 Å². The Hall–Kier alpha value is -1.00. The van der Waals surface area contributed by atoms with Gasteiger partial charge in [-0.2, -0.15) is 0 Å². The molecule has 2 N–H and O–H groups in total. The van der Waals surface area contributed by atoms with Gasteiger partial charge in [-0.1, -0.05) is 12.1 Å². The van der Waals surface area contributed by atoms with Crippen LogP contribution in [0.3, 0.4) is 0 Å². The lowest BCUT2D eigenvalue weighted by Crippen LogP contribution is -2.29. The fraction of sp³-hybridized carbons (Fsp3) is 0.538. The number of aliphatic hydroxyl groups is 1. The number of benzene rings is 1. The molecule has 1 aromatic rings. The molecule has 4 heteroatoms. The molecule has 2 atom stereocenters. The third kappa shape index (κ3) is 4.06. The minimum atomic E-state index is -0.820. The summed E-state index contributed by atoms with van der Waals surface area (Å²) < 4.78 is 26.5. The van der Waals surface area contributed by atoms with Crippen LogP contribution in [0.15, 0.2) is 18.2 Å². The van der Waals surface area contributed by atoms with Crippen LogP contribution in [0.4, 0.5) is 8.78 Å². The molecule has 2 nitrogen and oxygen atoms in total. The SMILES string of the molecule is CC(CCCO)NC(C)c1cccc(F)c1F. The van der Waals surface area contributed by atoms with E-state index in [1.807, 2.05) is 6.92 Å². The summed E-state index contributed by atoms with van der Waals surface area (Å²) in [4.78, 5) is 0. The molecule has 2 unspecified atom stereocenters. The van der Waals surface area contributed by atoms with E-state index in [0.717, 1.165) is 12.5 Å². The molecular weight excluding hydrogens is 224 g/mol. The zero-order chi connectivity index (χ0) is 12.8. The van der Waals surface area contributed by atoms with E-state index in [4.69, 9.17) is 5.11 Å². The van der Waals surface area contributed by atoms with Gasteiger partial charge in [-0.15, -0.1) is 0 Å². The second-order valence-corrected chi connectivity index (χ2v) is 4.30. The predicted octanol–water partition coefficient (Wildman–Crippen LogP) is 2.78. The van der Waals surface area contributed by atoms with Crippen molar-refractivity contribution in [3.05, 3.63) is 35.4 Å². The third-order valence-corrected chi connectivity index (χ3v) is 2.78. The molecule has 0 radical (unpaired) electrons. The molecule has 0 saturated carbocycles. The van der Waals surface area contributed by atoms with Crippen LogP contribution in [0.25, 0.3) is 0 Å². The molecule has 96 valence electrons. The van der Waals surface area contributed by atoms with Crippen LogP contribution < -0.4 is 5.32 Å². The normalized spacial score (nSPS) is 14.6. The maximum absolute atomic E-state index is 13.5. The number of aliphatic hydroxyl groups excluding tert-OH is 1. The van der Waals surface area contributed by atoms with Crippen LogP contribution >= 0.6 is 0 Å². The number of hydrogen-bond donors (Lipinski definition) is 2. The summed E-state index contributed by atoms with van der Waals surface area (Å²) in [5.74, 6) is -1.61. The van der Waals surface area contributed by atoms with Gasteiger partial charge < -0.3 is 10.4 Å². The lowest BCUT2D eigenvalue weighted by Gasteiger charge is -2.20. The van der Waals surface area contributed by atoms with Gasteiger partial charge in [0.15, 0.2) is 11.6 Å². The summed E-state index contributed by atoms with van der Waals surface area (Å²) in [7, 11) is 0. The molecule has 0 spiro atoms. The van der Waals surface area contributed by atoms with E-state index >= 15 is 0 Å². The van der Waals surface area contributed by atoms with Crippen molar-refractivity contribution in [2.75, 3.05) is 6.61 Å². The van der Waals surface area contributed by atoms with Crippen molar-refractivity contribution in [3.8, 4) is 0 Å². The highest BCUT2D eigenvalue weighted by Gasteiger charge is 2.15. The monoisotopic (exact) mass is 243 g/mol. The Balaban J connectivity index is 2.63. The van der Waals surface area contributed by atoms with Crippen LogP contribution in [0.5, 0.6) is 0 Å². The van der Waals surface area contributed by atoms with Gasteiger partial charge in [-0.05, 0) is 32.8 Å². The van der Waals surface area contributed by atoms with E-state index in [-0.39, 0.29) is 18.7 Å². The summed E-state index contributed by atoms with van der Waals surface area (Å²) >= 11 is 0. The first-order valence-electron chi connectivity index (χ1n) is 5.87. The van der Waals surface area contributed by atoms with Gasteiger partial charge >= 0.3 is 0 Å². The summed E-state index contributed by atoms with van der Waals surface area (Å²) in [6.07, 6.45) is 1.50. The van der Waals surface area contributed by atoms with Crippen molar-refractivity contribution in [1.82, 2.24) is 5.32 Å². The fourth-order valence-electron chi connectivity index (χ4n) is 1.85. The minimum Gasteiger partial charge on any atom is -0.396 e. The van der Waals surface area contributed by atoms with Gasteiger partial charge in [0.1, 0.15) is 0 Å². The number of halogens is 2. The first kappa shape index (κ1) is 14.1. The average Bonchev–Trinajstić information content (AvgIpc) is 2.29. The molecule has 1 aromatic carbocycles. The van der Waals surface area contributed by atoms with E-state index < -0.39 is 11.6 Å². The highest BCUT2D eigenvalue weighted by atomic mass is 19.2. The van der Waals surface area contributed by atoms with Gasteiger partial charge in [-0.25, -0.2) is 8.78 Å². The maximum atomic E-state index is 13.5. The van der Waals surface area contributed by atoms with E-state index in [1.54, 1.807) is 13.0 Å². The quantitative estimate of drug-likeness (QED) is 0.805. The van der Waals surface area contributed by atoms with Crippen LogP contribution in [-0.4, -0.2) is 17.8 Å². The van der Waals surface area contributed by atoms with Gasteiger partial charge in [0, 0.05) is 24.3 Å². The molecule has 0 amide bonds. The van der Waals surface area contributed by atoms with Crippen molar-refractivity contribution in [1.29, 1.82) is 0 Å². The first-order valence-corrected chi connectivity index (χ1v) is 5.87. The molecule has 0 aromatic heterocycles. The lowest BCUT2D eigenvalue weighted by atomic mass is 10.1. The first-order chi connectivity index (χ1) is 8.06. The van der Waals surface area contributed by atoms with Crippen LogP contribution in [-0.2, 0) is 0 Å². The van der Waals surface area contributed by atoms with Crippen LogP contribution in [0.2, 0.25) is 0 Å². The van der Waals surface area contributed by atoms with E-state index in [1.165, 1.54) is 6.07 Å². The molecule has 17 heavy (non-hydrogen) atoms.